The first-order chi connectivity index (χ1) is 7.09. The van der Waals surface area contributed by atoms with Gasteiger partial charge in [-0.2, -0.15) is 0 Å². The maximum atomic E-state index is 11.3. The highest BCUT2D eigenvalue weighted by molar-refractivity contribution is 6.04. The van der Waals surface area contributed by atoms with Crippen molar-refractivity contribution in [3.8, 4) is 0 Å². The first-order valence-electron chi connectivity index (χ1n) is 4.92. The Morgan fingerprint density at radius 1 is 1.53 bits per heavy atom. The van der Waals surface area contributed by atoms with Crippen molar-refractivity contribution < 1.29 is 19.5 Å². The second-order valence-corrected chi connectivity index (χ2v) is 3.96. The van der Waals surface area contributed by atoms with Crippen LogP contribution in [0.3, 0.4) is 0 Å². The van der Waals surface area contributed by atoms with E-state index in [9.17, 15) is 14.4 Å². The SMILES string of the molecule is O=C(O)[C@@H](CC1CC1)N1C(=O)CNC1=O. The van der Waals surface area contributed by atoms with E-state index >= 15 is 0 Å². The molecule has 0 spiro atoms. The molecule has 0 aromatic rings. The summed E-state index contributed by atoms with van der Waals surface area (Å²) < 4.78 is 0. The molecule has 1 heterocycles. The van der Waals surface area contributed by atoms with E-state index in [-0.39, 0.29) is 6.54 Å². The zero-order chi connectivity index (χ0) is 11.0. The van der Waals surface area contributed by atoms with Gasteiger partial charge in [-0.05, 0) is 12.3 Å². The van der Waals surface area contributed by atoms with E-state index in [1.165, 1.54) is 0 Å². The van der Waals surface area contributed by atoms with E-state index < -0.39 is 23.9 Å². The van der Waals surface area contributed by atoms with Gasteiger partial charge in [0, 0.05) is 0 Å². The minimum Gasteiger partial charge on any atom is -0.480 e. The number of hydrogen-bond donors (Lipinski definition) is 2. The fraction of sp³-hybridized carbons (Fsp3) is 0.667. The Bertz CT molecular complexity index is 308. The van der Waals surface area contributed by atoms with Gasteiger partial charge in [0.15, 0.2) is 0 Å². The Kier molecular flexibility index (Phi) is 2.34. The maximum absolute atomic E-state index is 11.3. The van der Waals surface area contributed by atoms with Gasteiger partial charge in [-0.25, -0.2) is 14.5 Å². The fourth-order valence-corrected chi connectivity index (χ4v) is 1.74. The summed E-state index contributed by atoms with van der Waals surface area (Å²) in [5.74, 6) is -1.20. The van der Waals surface area contributed by atoms with Gasteiger partial charge >= 0.3 is 12.0 Å². The Morgan fingerprint density at radius 2 is 2.20 bits per heavy atom. The number of urea groups is 1. The minimum atomic E-state index is -1.10. The van der Waals surface area contributed by atoms with Crippen LogP contribution in [0, 0.1) is 5.92 Å². The van der Waals surface area contributed by atoms with Crippen molar-refractivity contribution in [1.29, 1.82) is 0 Å². The molecule has 1 saturated carbocycles. The van der Waals surface area contributed by atoms with Crippen molar-refractivity contribution in [3.63, 3.8) is 0 Å². The molecule has 0 unspecified atom stereocenters. The maximum Gasteiger partial charge on any atom is 0.327 e. The molecular formula is C9H12N2O4. The first kappa shape index (κ1) is 9.95. The molecule has 6 nitrogen and oxygen atoms in total. The number of carbonyl (C=O) groups excluding carboxylic acids is 2. The van der Waals surface area contributed by atoms with Gasteiger partial charge in [0.25, 0.3) is 5.91 Å². The largest absolute Gasteiger partial charge is 0.480 e. The Labute approximate surface area is 86.2 Å². The van der Waals surface area contributed by atoms with Gasteiger partial charge in [0.05, 0.1) is 6.54 Å². The molecule has 0 aromatic heterocycles. The van der Waals surface area contributed by atoms with E-state index in [0.717, 1.165) is 17.7 Å². The second-order valence-electron chi connectivity index (χ2n) is 3.96. The average molecular weight is 212 g/mol. The van der Waals surface area contributed by atoms with Crippen molar-refractivity contribution in [2.45, 2.75) is 25.3 Å². The summed E-state index contributed by atoms with van der Waals surface area (Å²) in [6.07, 6.45) is 2.37. The zero-order valence-corrected chi connectivity index (χ0v) is 8.10. The molecule has 6 heteroatoms. The monoisotopic (exact) mass is 212 g/mol. The molecule has 1 atom stereocenters. The number of nitrogens with one attached hydrogen (secondary N) is 1. The lowest BCUT2D eigenvalue weighted by atomic mass is 10.1. The van der Waals surface area contributed by atoms with E-state index in [4.69, 9.17) is 5.11 Å². The summed E-state index contributed by atoms with van der Waals surface area (Å²) in [5.41, 5.74) is 0. The van der Waals surface area contributed by atoms with Crippen molar-refractivity contribution in [1.82, 2.24) is 10.2 Å². The lowest BCUT2D eigenvalue weighted by Crippen LogP contribution is -2.45. The van der Waals surface area contributed by atoms with Crippen LogP contribution >= 0.6 is 0 Å². The summed E-state index contributed by atoms with van der Waals surface area (Å²) in [5, 5.41) is 11.3. The molecule has 1 aliphatic carbocycles. The van der Waals surface area contributed by atoms with Gasteiger partial charge in [0.1, 0.15) is 6.04 Å². The van der Waals surface area contributed by atoms with Crippen molar-refractivity contribution in [2.24, 2.45) is 5.92 Å². The molecule has 82 valence electrons. The third-order valence-corrected chi connectivity index (χ3v) is 2.73. The molecule has 15 heavy (non-hydrogen) atoms. The summed E-state index contributed by atoms with van der Waals surface area (Å²) in [6, 6.07) is -1.58. The molecule has 3 amide bonds. The van der Waals surface area contributed by atoms with Crippen LogP contribution in [0.1, 0.15) is 19.3 Å². The molecule has 1 aliphatic heterocycles. The Hall–Kier alpha value is -1.59. The highest BCUT2D eigenvalue weighted by atomic mass is 16.4. The van der Waals surface area contributed by atoms with E-state index in [2.05, 4.69) is 5.32 Å². The van der Waals surface area contributed by atoms with Crippen LogP contribution < -0.4 is 5.32 Å². The van der Waals surface area contributed by atoms with Crippen molar-refractivity contribution in [3.05, 3.63) is 0 Å². The lowest BCUT2D eigenvalue weighted by molar-refractivity contribution is -0.146. The van der Waals surface area contributed by atoms with E-state index in [1.54, 1.807) is 0 Å². The zero-order valence-electron chi connectivity index (χ0n) is 8.10. The number of aliphatic carboxylic acids is 1. The Balaban J connectivity index is 2.11. The fourth-order valence-electron chi connectivity index (χ4n) is 1.74. The molecule has 0 aromatic carbocycles. The molecular weight excluding hydrogens is 200 g/mol. The second kappa shape index (κ2) is 3.52. The number of carboxylic acid groups (broad SMARTS) is 1. The molecule has 2 fully saturated rings. The lowest BCUT2D eigenvalue weighted by Gasteiger charge is -2.20. The quantitative estimate of drug-likeness (QED) is 0.631. The number of amides is 3. The summed E-state index contributed by atoms with van der Waals surface area (Å²) >= 11 is 0. The summed E-state index contributed by atoms with van der Waals surface area (Å²) in [6.45, 7) is -0.0900. The smallest absolute Gasteiger partial charge is 0.327 e. The highest BCUT2D eigenvalue weighted by Gasteiger charge is 2.41. The normalized spacial score (nSPS) is 22.8. The topological polar surface area (TPSA) is 86.7 Å². The number of nitrogens with zero attached hydrogens (tertiary/aromatic N) is 1. The minimum absolute atomic E-state index is 0.0900. The van der Waals surface area contributed by atoms with Crippen LogP contribution in [0.2, 0.25) is 0 Å². The van der Waals surface area contributed by atoms with Gasteiger partial charge in [0.2, 0.25) is 0 Å². The van der Waals surface area contributed by atoms with Gasteiger partial charge in [-0.1, -0.05) is 12.8 Å². The number of carbonyl (C=O) groups is 3. The third kappa shape index (κ3) is 1.93. The molecule has 2 N–H and O–H groups in total. The van der Waals surface area contributed by atoms with Crippen LogP contribution in [-0.4, -0.2) is 40.5 Å². The number of hydrogen-bond acceptors (Lipinski definition) is 3. The molecule has 2 rings (SSSR count). The van der Waals surface area contributed by atoms with E-state index in [1.807, 2.05) is 0 Å². The number of rotatable bonds is 4. The number of carboxylic acids is 1. The van der Waals surface area contributed by atoms with E-state index in [0.29, 0.717) is 12.3 Å². The first-order valence-corrected chi connectivity index (χ1v) is 4.92. The molecule has 0 radical (unpaired) electrons. The third-order valence-electron chi connectivity index (χ3n) is 2.73. The predicted octanol–water partition coefficient (Wildman–Crippen LogP) is -0.209. The highest BCUT2D eigenvalue weighted by Crippen LogP contribution is 2.35. The summed E-state index contributed by atoms with van der Waals surface area (Å²) in [4.78, 5) is 34.4. The Morgan fingerprint density at radius 3 is 2.60 bits per heavy atom. The predicted molar refractivity (Wildman–Crippen MR) is 49.0 cm³/mol. The van der Waals surface area contributed by atoms with Gasteiger partial charge in [-0.15, -0.1) is 0 Å². The van der Waals surface area contributed by atoms with Crippen molar-refractivity contribution in [2.75, 3.05) is 6.54 Å². The van der Waals surface area contributed by atoms with Gasteiger partial charge in [-0.3, -0.25) is 4.79 Å². The van der Waals surface area contributed by atoms with Crippen LogP contribution in [-0.2, 0) is 9.59 Å². The molecule has 1 saturated heterocycles. The van der Waals surface area contributed by atoms with Crippen LogP contribution in [0.25, 0.3) is 0 Å². The van der Waals surface area contributed by atoms with Crippen molar-refractivity contribution >= 4 is 17.9 Å². The van der Waals surface area contributed by atoms with Gasteiger partial charge < -0.3 is 10.4 Å². The van der Waals surface area contributed by atoms with Crippen LogP contribution in [0.15, 0.2) is 0 Å². The standard InChI is InChI=1S/C9H12N2O4/c12-7-4-10-9(15)11(7)6(8(13)14)3-5-1-2-5/h5-6H,1-4H2,(H,10,15)(H,13,14)/t6-/m1/s1. The molecule has 0 bridgehead atoms. The van der Waals surface area contributed by atoms with Crippen LogP contribution in [0.4, 0.5) is 4.79 Å². The van der Waals surface area contributed by atoms with Crippen LogP contribution in [0.5, 0.6) is 0 Å². The summed E-state index contributed by atoms with van der Waals surface area (Å²) in [7, 11) is 0. The molecule has 2 aliphatic rings. The average Bonchev–Trinajstić information content (AvgIpc) is 2.92. The number of imide groups is 1.